The van der Waals surface area contributed by atoms with Gasteiger partial charge in [-0.2, -0.15) is 11.8 Å². The summed E-state index contributed by atoms with van der Waals surface area (Å²) >= 11 is 2.04. The quantitative estimate of drug-likeness (QED) is 0.609. The minimum absolute atomic E-state index is 0.216. The molecule has 0 amide bonds. The molecule has 0 aliphatic carbocycles. The smallest absolute Gasteiger partial charge is 0.191 e. The lowest BCUT2D eigenvalue weighted by Crippen LogP contribution is -2.45. The minimum atomic E-state index is -0.216. The summed E-state index contributed by atoms with van der Waals surface area (Å²) < 4.78 is 5.41. The third-order valence-corrected chi connectivity index (χ3v) is 5.17. The number of benzene rings is 1. The molecule has 2 N–H and O–H groups in total. The highest BCUT2D eigenvalue weighted by atomic mass is 32.2. The molecule has 2 rings (SSSR count). The molecule has 1 aliphatic heterocycles. The van der Waals surface area contributed by atoms with Crippen LogP contribution in [0, 0.1) is 0 Å². The van der Waals surface area contributed by atoms with Crippen molar-refractivity contribution in [2.24, 2.45) is 4.99 Å². The first-order valence-corrected chi connectivity index (χ1v) is 9.61. The normalized spacial score (nSPS) is 16.2. The van der Waals surface area contributed by atoms with Crippen LogP contribution in [0.3, 0.4) is 0 Å². The first-order chi connectivity index (χ1) is 11.5. The summed E-state index contributed by atoms with van der Waals surface area (Å²) in [6.07, 6.45) is 0. The predicted molar refractivity (Wildman–Crippen MR) is 105 cm³/mol. The van der Waals surface area contributed by atoms with Crippen LogP contribution in [0.4, 0.5) is 5.69 Å². The maximum Gasteiger partial charge on any atom is 0.191 e. The van der Waals surface area contributed by atoms with Crippen molar-refractivity contribution in [3.05, 3.63) is 29.8 Å². The number of anilines is 1. The second kappa shape index (κ2) is 9.18. The summed E-state index contributed by atoms with van der Waals surface area (Å²) in [7, 11) is 3.51. The molecule has 1 aromatic carbocycles. The lowest BCUT2D eigenvalue weighted by Gasteiger charge is -2.28. The van der Waals surface area contributed by atoms with E-state index in [1.165, 1.54) is 22.8 Å². The van der Waals surface area contributed by atoms with Crippen molar-refractivity contribution in [1.29, 1.82) is 0 Å². The molecule has 1 aromatic rings. The summed E-state index contributed by atoms with van der Waals surface area (Å²) in [5, 5.41) is 6.65. The zero-order chi connectivity index (χ0) is 17.4. The fraction of sp³-hybridized carbons (Fsp3) is 0.611. The summed E-state index contributed by atoms with van der Waals surface area (Å²) in [5.74, 6) is 3.24. The van der Waals surface area contributed by atoms with Crippen molar-refractivity contribution in [1.82, 2.24) is 10.6 Å². The molecule has 0 radical (unpaired) electrons. The number of nitrogens with one attached hydrogen (secondary N) is 2. The molecular formula is C18H30N4OS. The Morgan fingerprint density at radius 2 is 1.88 bits per heavy atom. The van der Waals surface area contributed by atoms with E-state index in [4.69, 9.17) is 4.74 Å². The lowest BCUT2D eigenvalue weighted by atomic mass is 10.1. The number of aliphatic imine (C=N–C) groups is 1. The molecule has 0 saturated carbocycles. The van der Waals surface area contributed by atoms with E-state index in [9.17, 15) is 0 Å². The Labute approximate surface area is 150 Å². The molecule has 1 saturated heterocycles. The Bertz CT molecular complexity index is 524. The lowest BCUT2D eigenvalue weighted by molar-refractivity contribution is 0.0268. The highest BCUT2D eigenvalue weighted by Gasteiger charge is 2.16. The van der Waals surface area contributed by atoms with Crippen LogP contribution in [0.1, 0.15) is 19.4 Å². The van der Waals surface area contributed by atoms with E-state index in [1.807, 2.05) is 25.6 Å². The Balaban J connectivity index is 1.82. The number of ether oxygens (including phenoxy) is 1. The molecule has 134 valence electrons. The van der Waals surface area contributed by atoms with Gasteiger partial charge in [0, 0.05) is 57.5 Å². The van der Waals surface area contributed by atoms with Gasteiger partial charge in [0.15, 0.2) is 5.96 Å². The van der Waals surface area contributed by atoms with Gasteiger partial charge in [0.2, 0.25) is 0 Å². The van der Waals surface area contributed by atoms with E-state index in [1.54, 1.807) is 14.2 Å². The Morgan fingerprint density at radius 1 is 1.21 bits per heavy atom. The van der Waals surface area contributed by atoms with Gasteiger partial charge in [-0.25, -0.2) is 0 Å². The molecule has 0 spiro atoms. The molecule has 1 aliphatic rings. The zero-order valence-corrected chi connectivity index (χ0v) is 16.1. The molecule has 0 unspecified atom stereocenters. The summed E-state index contributed by atoms with van der Waals surface area (Å²) in [6, 6.07) is 8.82. The van der Waals surface area contributed by atoms with Gasteiger partial charge in [0.25, 0.3) is 0 Å². The second-order valence-electron chi connectivity index (χ2n) is 6.51. The minimum Gasteiger partial charge on any atom is -0.377 e. The van der Waals surface area contributed by atoms with Gasteiger partial charge in [-0.1, -0.05) is 12.1 Å². The van der Waals surface area contributed by atoms with Crippen molar-refractivity contribution >= 4 is 23.4 Å². The molecule has 0 atom stereocenters. The highest BCUT2D eigenvalue weighted by Crippen LogP contribution is 2.19. The van der Waals surface area contributed by atoms with E-state index < -0.39 is 0 Å². The zero-order valence-electron chi connectivity index (χ0n) is 15.3. The molecule has 6 heteroatoms. The van der Waals surface area contributed by atoms with Crippen LogP contribution in [0.15, 0.2) is 29.3 Å². The van der Waals surface area contributed by atoms with Gasteiger partial charge in [0.05, 0.1) is 5.60 Å². The number of methoxy groups -OCH3 is 1. The van der Waals surface area contributed by atoms with Crippen molar-refractivity contribution in [2.45, 2.75) is 26.0 Å². The van der Waals surface area contributed by atoms with E-state index in [2.05, 4.69) is 44.8 Å². The Hall–Kier alpha value is -1.40. The SMILES string of the molecule is CN=C(NCc1ccc(N2CCSCC2)cc1)NCC(C)(C)OC. The van der Waals surface area contributed by atoms with Gasteiger partial charge in [-0.05, 0) is 31.5 Å². The predicted octanol–water partition coefficient (Wildman–Crippen LogP) is 2.33. The number of nitrogens with zero attached hydrogens (tertiary/aromatic N) is 2. The number of hydrogen-bond acceptors (Lipinski definition) is 4. The van der Waals surface area contributed by atoms with Crippen molar-refractivity contribution in [2.75, 3.05) is 50.2 Å². The molecule has 1 heterocycles. The number of rotatable bonds is 6. The molecule has 24 heavy (non-hydrogen) atoms. The number of guanidine groups is 1. The first-order valence-electron chi connectivity index (χ1n) is 8.45. The summed E-state index contributed by atoms with van der Waals surface area (Å²) in [5.41, 5.74) is 2.36. The summed E-state index contributed by atoms with van der Waals surface area (Å²) in [6.45, 7) is 7.84. The van der Waals surface area contributed by atoms with Crippen LogP contribution in [0.2, 0.25) is 0 Å². The maximum absolute atomic E-state index is 5.41. The molecular weight excluding hydrogens is 320 g/mol. The van der Waals surface area contributed by atoms with E-state index in [-0.39, 0.29) is 5.60 Å². The maximum atomic E-state index is 5.41. The third-order valence-electron chi connectivity index (χ3n) is 4.23. The molecule has 0 aromatic heterocycles. The van der Waals surface area contributed by atoms with Gasteiger partial charge in [-0.15, -0.1) is 0 Å². The van der Waals surface area contributed by atoms with Crippen LogP contribution in [0.5, 0.6) is 0 Å². The third kappa shape index (κ3) is 5.91. The van der Waals surface area contributed by atoms with Crippen LogP contribution < -0.4 is 15.5 Å². The van der Waals surface area contributed by atoms with Gasteiger partial charge in [-0.3, -0.25) is 4.99 Å². The Kier molecular flexibility index (Phi) is 7.24. The van der Waals surface area contributed by atoms with Crippen molar-refractivity contribution in [3.8, 4) is 0 Å². The topological polar surface area (TPSA) is 48.9 Å². The van der Waals surface area contributed by atoms with Gasteiger partial charge >= 0.3 is 0 Å². The molecule has 5 nitrogen and oxygen atoms in total. The van der Waals surface area contributed by atoms with Crippen LogP contribution in [-0.4, -0.2) is 56.9 Å². The highest BCUT2D eigenvalue weighted by molar-refractivity contribution is 7.99. The molecule has 1 fully saturated rings. The van der Waals surface area contributed by atoms with Gasteiger partial charge < -0.3 is 20.3 Å². The van der Waals surface area contributed by atoms with Crippen LogP contribution in [0.25, 0.3) is 0 Å². The van der Waals surface area contributed by atoms with Crippen LogP contribution >= 0.6 is 11.8 Å². The van der Waals surface area contributed by atoms with E-state index >= 15 is 0 Å². The van der Waals surface area contributed by atoms with E-state index in [0.29, 0.717) is 6.54 Å². The fourth-order valence-corrected chi connectivity index (χ4v) is 3.32. The fourth-order valence-electron chi connectivity index (χ4n) is 2.42. The monoisotopic (exact) mass is 350 g/mol. The van der Waals surface area contributed by atoms with Crippen molar-refractivity contribution in [3.63, 3.8) is 0 Å². The Morgan fingerprint density at radius 3 is 2.46 bits per heavy atom. The van der Waals surface area contributed by atoms with Crippen LogP contribution in [-0.2, 0) is 11.3 Å². The number of hydrogen-bond donors (Lipinski definition) is 2. The standard InChI is InChI=1S/C18H30N4OS/c1-18(2,23-4)14-21-17(19-3)20-13-15-5-7-16(8-6-15)22-9-11-24-12-10-22/h5-8H,9-14H2,1-4H3,(H2,19,20,21). The van der Waals surface area contributed by atoms with Gasteiger partial charge in [0.1, 0.15) is 0 Å². The second-order valence-corrected chi connectivity index (χ2v) is 7.73. The largest absolute Gasteiger partial charge is 0.377 e. The number of thioether (sulfide) groups is 1. The summed E-state index contributed by atoms with van der Waals surface area (Å²) in [4.78, 5) is 6.72. The average molecular weight is 351 g/mol. The van der Waals surface area contributed by atoms with Crippen molar-refractivity contribution < 1.29 is 4.74 Å². The van der Waals surface area contributed by atoms with E-state index in [0.717, 1.165) is 25.6 Å². The average Bonchev–Trinajstić information content (AvgIpc) is 2.63. The molecule has 0 bridgehead atoms. The first kappa shape index (κ1) is 18.9.